The summed E-state index contributed by atoms with van der Waals surface area (Å²) in [6.07, 6.45) is 6.75. The van der Waals surface area contributed by atoms with Crippen molar-refractivity contribution in [1.82, 2.24) is 0 Å². The van der Waals surface area contributed by atoms with E-state index in [2.05, 4.69) is 5.92 Å². The Morgan fingerprint density at radius 3 is 2.44 bits per heavy atom. The number of hydrogen-bond donors (Lipinski definition) is 0. The van der Waals surface area contributed by atoms with Crippen LogP contribution in [0.5, 0.6) is 0 Å². The minimum absolute atomic E-state index is 0.576. The van der Waals surface area contributed by atoms with E-state index in [0.717, 1.165) is 0 Å². The molecule has 0 aliphatic carbocycles. The lowest BCUT2D eigenvalue weighted by Crippen LogP contribution is -1.71. The molecule has 0 saturated heterocycles. The molecule has 0 N–H and O–H groups in total. The molecule has 1 rings (SSSR count). The van der Waals surface area contributed by atoms with Crippen LogP contribution < -0.4 is 0 Å². The molecule has 0 bridgehead atoms. The van der Waals surface area contributed by atoms with Crippen LogP contribution in [0.25, 0.3) is 0 Å². The highest BCUT2D eigenvalue weighted by atomic mass is 35.5. The molecular weight excluding hydrogens is 132 g/mol. The molecule has 0 fully saturated rings. The minimum atomic E-state index is 0.576. The second-order valence-corrected chi connectivity index (χ2v) is 2.01. The van der Waals surface area contributed by atoms with Gasteiger partial charge in [0.1, 0.15) is 0 Å². The predicted octanol–water partition coefficient (Wildman–Crippen LogP) is 2.28. The third-order valence-corrected chi connectivity index (χ3v) is 1.34. The first-order chi connectivity index (χ1) is 4.34. The summed E-state index contributed by atoms with van der Waals surface area (Å²) in [5, 5.41) is 0.576. The summed E-state index contributed by atoms with van der Waals surface area (Å²) >= 11 is 5.64. The molecule has 43 valence electrons. The van der Waals surface area contributed by atoms with Crippen LogP contribution in [-0.4, -0.2) is 0 Å². The fourth-order valence-corrected chi connectivity index (χ4v) is 0.746. The Kier molecular flexibility index (Phi) is 1.77. The molecule has 9 heavy (non-hydrogen) atoms. The van der Waals surface area contributed by atoms with Gasteiger partial charge in [0, 0.05) is 5.56 Å². The first-order valence-corrected chi connectivity index (χ1v) is 2.89. The van der Waals surface area contributed by atoms with Crippen molar-refractivity contribution in [3.8, 4) is 5.92 Å². The van der Waals surface area contributed by atoms with Crippen molar-refractivity contribution in [2.75, 3.05) is 0 Å². The van der Waals surface area contributed by atoms with Crippen molar-refractivity contribution in [3.05, 3.63) is 41.3 Å². The van der Waals surface area contributed by atoms with E-state index < -0.39 is 0 Å². The van der Waals surface area contributed by atoms with Crippen molar-refractivity contribution < 1.29 is 0 Å². The quantitative estimate of drug-likeness (QED) is 0.479. The van der Waals surface area contributed by atoms with Crippen molar-refractivity contribution in [1.29, 1.82) is 0 Å². The fourth-order valence-electron chi connectivity index (χ4n) is 0.563. The summed E-state index contributed by atoms with van der Waals surface area (Å²) < 4.78 is 0. The maximum atomic E-state index is 6.75. The standard InChI is InChI=1S/C8H4Cl/c1-2-7-5-3-4-6-8(7)9/h3-6H. The van der Waals surface area contributed by atoms with Gasteiger partial charge in [-0.3, -0.25) is 0 Å². The lowest BCUT2D eigenvalue weighted by atomic mass is 10.2. The van der Waals surface area contributed by atoms with Gasteiger partial charge in [-0.2, -0.15) is 0 Å². The molecule has 0 spiro atoms. The average molecular weight is 136 g/mol. The third kappa shape index (κ3) is 1.25. The number of benzene rings is 1. The summed E-state index contributed by atoms with van der Waals surface area (Å²) in [7, 11) is 0. The molecule has 1 aromatic carbocycles. The largest absolute Gasteiger partial charge is 0.0830 e. The molecule has 0 amide bonds. The lowest BCUT2D eigenvalue weighted by Gasteiger charge is -1.90. The Morgan fingerprint density at radius 2 is 2.00 bits per heavy atom. The van der Waals surface area contributed by atoms with E-state index in [1.807, 2.05) is 12.1 Å². The Bertz CT molecular complexity index is 245. The molecule has 0 aliphatic heterocycles. The van der Waals surface area contributed by atoms with Gasteiger partial charge < -0.3 is 0 Å². The zero-order chi connectivity index (χ0) is 6.69. The van der Waals surface area contributed by atoms with Gasteiger partial charge in [-0.05, 0) is 18.6 Å². The van der Waals surface area contributed by atoms with E-state index in [4.69, 9.17) is 18.0 Å². The Balaban J connectivity index is 3.20. The molecule has 0 aliphatic rings. The Morgan fingerprint density at radius 1 is 1.33 bits per heavy atom. The monoisotopic (exact) mass is 135 g/mol. The van der Waals surface area contributed by atoms with Gasteiger partial charge >= 0.3 is 0 Å². The van der Waals surface area contributed by atoms with Crippen LogP contribution in [-0.2, 0) is 0 Å². The molecular formula is C8H4Cl. The summed E-state index contributed by atoms with van der Waals surface area (Å²) in [6.45, 7) is 0. The highest BCUT2D eigenvalue weighted by Gasteiger charge is 1.90. The van der Waals surface area contributed by atoms with Crippen molar-refractivity contribution >= 4 is 11.6 Å². The number of rotatable bonds is 0. The first-order valence-electron chi connectivity index (χ1n) is 2.52. The average Bonchev–Trinajstić information content (AvgIpc) is 1.89. The van der Waals surface area contributed by atoms with Crippen LogP contribution in [0.4, 0.5) is 0 Å². The summed E-state index contributed by atoms with van der Waals surface area (Å²) in [4.78, 5) is 0. The number of hydrogen-bond acceptors (Lipinski definition) is 0. The maximum absolute atomic E-state index is 6.75. The fraction of sp³-hybridized carbons (Fsp3) is 0. The predicted molar refractivity (Wildman–Crippen MR) is 37.7 cm³/mol. The van der Waals surface area contributed by atoms with Gasteiger partial charge in [0.05, 0.1) is 5.02 Å². The molecule has 0 atom stereocenters. The second-order valence-electron chi connectivity index (χ2n) is 1.60. The van der Waals surface area contributed by atoms with Gasteiger partial charge in [-0.25, -0.2) is 0 Å². The molecule has 0 nitrogen and oxygen atoms in total. The van der Waals surface area contributed by atoms with Crippen molar-refractivity contribution in [2.24, 2.45) is 0 Å². The van der Waals surface area contributed by atoms with E-state index in [1.54, 1.807) is 12.1 Å². The van der Waals surface area contributed by atoms with Crippen LogP contribution in [0.3, 0.4) is 0 Å². The zero-order valence-electron chi connectivity index (χ0n) is 4.69. The third-order valence-electron chi connectivity index (χ3n) is 1.01. The van der Waals surface area contributed by atoms with E-state index in [-0.39, 0.29) is 0 Å². The summed E-state index contributed by atoms with van der Waals surface area (Å²) in [5.74, 6) is 2.21. The van der Waals surface area contributed by atoms with Crippen LogP contribution in [0.15, 0.2) is 24.3 Å². The molecule has 1 aromatic rings. The highest BCUT2D eigenvalue weighted by Crippen LogP contribution is 2.12. The smallest absolute Gasteiger partial charge is 0.0562 e. The summed E-state index contributed by atoms with van der Waals surface area (Å²) in [5.41, 5.74) is 0.638. The van der Waals surface area contributed by atoms with E-state index in [1.165, 1.54) is 0 Å². The van der Waals surface area contributed by atoms with Crippen LogP contribution in [0.1, 0.15) is 5.56 Å². The minimum Gasteiger partial charge on any atom is -0.0830 e. The van der Waals surface area contributed by atoms with Gasteiger partial charge in [0.25, 0.3) is 0 Å². The zero-order valence-corrected chi connectivity index (χ0v) is 5.44. The molecule has 0 heterocycles. The maximum Gasteiger partial charge on any atom is 0.0562 e. The summed E-state index contributed by atoms with van der Waals surface area (Å²) in [6, 6.07) is 7.12. The molecule has 0 unspecified atom stereocenters. The van der Waals surface area contributed by atoms with E-state index in [0.29, 0.717) is 10.6 Å². The van der Waals surface area contributed by atoms with E-state index >= 15 is 0 Å². The SMILES string of the molecule is [C]#Cc1ccccc1Cl. The second kappa shape index (κ2) is 2.57. The highest BCUT2D eigenvalue weighted by molar-refractivity contribution is 6.31. The van der Waals surface area contributed by atoms with Crippen LogP contribution >= 0.6 is 11.6 Å². The van der Waals surface area contributed by atoms with Gasteiger partial charge in [0.15, 0.2) is 0 Å². The van der Waals surface area contributed by atoms with Crippen LogP contribution in [0, 0.1) is 12.3 Å². The van der Waals surface area contributed by atoms with Crippen molar-refractivity contribution in [3.63, 3.8) is 0 Å². The molecule has 0 aromatic heterocycles. The topological polar surface area (TPSA) is 0 Å². The van der Waals surface area contributed by atoms with Crippen LogP contribution in [0.2, 0.25) is 5.02 Å². The Hall–Kier alpha value is -0.930. The normalized spacial score (nSPS) is 8.44. The van der Waals surface area contributed by atoms with Gasteiger partial charge in [0.2, 0.25) is 0 Å². The van der Waals surface area contributed by atoms with Crippen molar-refractivity contribution in [2.45, 2.75) is 0 Å². The molecule has 1 radical (unpaired) electrons. The first kappa shape index (κ1) is 6.19. The number of halogens is 1. The van der Waals surface area contributed by atoms with Gasteiger partial charge in [-0.15, -0.1) is 0 Å². The van der Waals surface area contributed by atoms with Gasteiger partial charge in [-0.1, -0.05) is 29.7 Å². The lowest BCUT2D eigenvalue weighted by molar-refractivity contribution is 1.65. The molecule has 0 saturated carbocycles. The molecule has 1 heteroatoms. The van der Waals surface area contributed by atoms with E-state index in [9.17, 15) is 0 Å². The Labute approximate surface area is 59.5 Å².